The average Bonchev–Trinajstić information content (AvgIpc) is 2.98. The smallest absolute Gasteiger partial charge is 0.265 e. The topological polar surface area (TPSA) is 32.3 Å². The Balaban J connectivity index is 2.01. The highest BCUT2D eigenvalue weighted by Gasteiger charge is 2.13. The van der Waals surface area contributed by atoms with Crippen LogP contribution >= 0.6 is 11.3 Å². The van der Waals surface area contributed by atoms with Gasteiger partial charge in [-0.1, -0.05) is 32.4 Å². The molecule has 0 saturated heterocycles. The molecular formula is C20H28N2OS. The van der Waals surface area contributed by atoms with E-state index in [0.717, 1.165) is 42.8 Å². The van der Waals surface area contributed by atoms with E-state index in [9.17, 15) is 4.79 Å². The molecule has 1 aromatic carbocycles. The number of benzene rings is 1. The number of aryl methyl sites for hydroxylation is 2. The summed E-state index contributed by atoms with van der Waals surface area (Å²) in [7, 11) is 4.15. The number of rotatable bonds is 8. The summed E-state index contributed by atoms with van der Waals surface area (Å²) in [6, 6.07) is 10.2. The van der Waals surface area contributed by atoms with Gasteiger partial charge in [0.25, 0.3) is 5.91 Å². The highest BCUT2D eigenvalue weighted by molar-refractivity contribution is 7.14. The molecule has 1 N–H and O–H groups in total. The molecule has 1 aromatic heterocycles. The highest BCUT2D eigenvalue weighted by atomic mass is 32.1. The third kappa shape index (κ3) is 5.18. The molecule has 0 spiro atoms. The van der Waals surface area contributed by atoms with Crippen molar-refractivity contribution in [1.29, 1.82) is 0 Å². The van der Waals surface area contributed by atoms with Gasteiger partial charge in [-0.3, -0.25) is 4.79 Å². The van der Waals surface area contributed by atoms with Crippen molar-refractivity contribution in [1.82, 2.24) is 4.90 Å². The van der Waals surface area contributed by atoms with Crippen LogP contribution in [0.4, 0.5) is 5.69 Å². The van der Waals surface area contributed by atoms with Crippen molar-refractivity contribution in [3.8, 4) is 0 Å². The Morgan fingerprint density at radius 2 is 1.83 bits per heavy atom. The number of hydrogen-bond acceptors (Lipinski definition) is 3. The second-order valence-corrected chi connectivity index (χ2v) is 7.50. The van der Waals surface area contributed by atoms with E-state index in [-0.39, 0.29) is 5.91 Å². The number of likely N-dealkylation sites (N-methyl/N-ethyl adjacent to an activating group) is 1. The fourth-order valence-electron chi connectivity index (χ4n) is 2.62. The molecule has 0 atom stereocenters. The Hall–Kier alpha value is -1.65. The number of nitrogens with zero attached hydrogens (tertiary/aromatic N) is 1. The normalized spacial score (nSPS) is 11.0. The first-order valence-corrected chi connectivity index (χ1v) is 9.51. The van der Waals surface area contributed by atoms with Crippen LogP contribution in [0.3, 0.4) is 0 Å². The number of carbonyl (C=O) groups is 1. The number of amides is 1. The number of anilines is 1. The Morgan fingerprint density at radius 3 is 2.42 bits per heavy atom. The molecule has 0 fully saturated rings. The first-order valence-electron chi connectivity index (χ1n) is 8.70. The van der Waals surface area contributed by atoms with E-state index in [1.807, 2.05) is 12.1 Å². The SMILES string of the molecule is CCCc1sc(C(=O)Nc2ccc(CCN(C)C)cc2)cc1CC. The van der Waals surface area contributed by atoms with Crippen LogP contribution in [0, 0.1) is 0 Å². The zero-order chi connectivity index (χ0) is 17.5. The minimum Gasteiger partial charge on any atom is -0.321 e. The molecule has 4 heteroatoms. The van der Waals surface area contributed by atoms with Crippen LogP contribution in [0.2, 0.25) is 0 Å². The summed E-state index contributed by atoms with van der Waals surface area (Å²) < 4.78 is 0. The maximum absolute atomic E-state index is 12.5. The summed E-state index contributed by atoms with van der Waals surface area (Å²) in [4.78, 5) is 16.8. The summed E-state index contributed by atoms with van der Waals surface area (Å²) in [5, 5.41) is 3.02. The minimum atomic E-state index is -0.00176. The van der Waals surface area contributed by atoms with E-state index < -0.39 is 0 Å². The van der Waals surface area contributed by atoms with Gasteiger partial charge in [-0.15, -0.1) is 11.3 Å². The van der Waals surface area contributed by atoms with Gasteiger partial charge < -0.3 is 10.2 Å². The largest absolute Gasteiger partial charge is 0.321 e. The minimum absolute atomic E-state index is 0.00176. The summed E-state index contributed by atoms with van der Waals surface area (Å²) in [6.45, 7) is 5.35. The second-order valence-electron chi connectivity index (χ2n) is 6.37. The maximum atomic E-state index is 12.5. The van der Waals surface area contributed by atoms with E-state index in [2.05, 4.69) is 56.4 Å². The molecule has 0 saturated carbocycles. The van der Waals surface area contributed by atoms with E-state index in [1.54, 1.807) is 11.3 Å². The maximum Gasteiger partial charge on any atom is 0.265 e. The van der Waals surface area contributed by atoms with Gasteiger partial charge in [-0.25, -0.2) is 0 Å². The lowest BCUT2D eigenvalue weighted by Crippen LogP contribution is -2.15. The lowest BCUT2D eigenvalue weighted by atomic mass is 10.1. The van der Waals surface area contributed by atoms with Crippen LogP contribution in [-0.4, -0.2) is 31.4 Å². The van der Waals surface area contributed by atoms with Crippen molar-refractivity contribution in [2.24, 2.45) is 0 Å². The van der Waals surface area contributed by atoms with Crippen LogP contribution in [0.25, 0.3) is 0 Å². The molecule has 1 heterocycles. The fraction of sp³-hybridized carbons (Fsp3) is 0.450. The first-order chi connectivity index (χ1) is 11.5. The monoisotopic (exact) mass is 344 g/mol. The lowest BCUT2D eigenvalue weighted by Gasteiger charge is -2.10. The van der Waals surface area contributed by atoms with Gasteiger partial charge in [0, 0.05) is 17.1 Å². The van der Waals surface area contributed by atoms with E-state index in [0.29, 0.717) is 0 Å². The number of nitrogens with one attached hydrogen (secondary N) is 1. The number of carbonyl (C=O) groups excluding carboxylic acids is 1. The summed E-state index contributed by atoms with van der Waals surface area (Å²) in [5.74, 6) is -0.00176. The Labute approximate surface area is 149 Å². The number of thiophene rings is 1. The van der Waals surface area contributed by atoms with E-state index >= 15 is 0 Å². The number of hydrogen-bond donors (Lipinski definition) is 1. The fourth-order valence-corrected chi connectivity index (χ4v) is 3.87. The quantitative estimate of drug-likeness (QED) is 0.758. The molecule has 130 valence electrons. The van der Waals surface area contributed by atoms with Crippen molar-refractivity contribution in [3.05, 3.63) is 51.2 Å². The van der Waals surface area contributed by atoms with Crippen LogP contribution in [0.15, 0.2) is 30.3 Å². The van der Waals surface area contributed by atoms with Crippen molar-refractivity contribution in [3.63, 3.8) is 0 Å². The first kappa shape index (κ1) is 18.7. The third-order valence-electron chi connectivity index (χ3n) is 4.04. The summed E-state index contributed by atoms with van der Waals surface area (Å²) in [5.41, 5.74) is 3.46. The van der Waals surface area contributed by atoms with Gasteiger partial charge in [0.2, 0.25) is 0 Å². The Morgan fingerprint density at radius 1 is 1.12 bits per heavy atom. The van der Waals surface area contributed by atoms with Gasteiger partial charge in [-0.05, 0) is 62.7 Å². The zero-order valence-electron chi connectivity index (χ0n) is 15.2. The molecule has 0 aliphatic carbocycles. The Bertz CT molecular complexity index is 659. The summed E-state index contributed by atoms with van der Waals surface area (Å²) >= 11 is 1.63. The van der Waals surface area contributed by atoms with Gasteiger partial charge in [0.1, 0.15) is 0 Å². The lowest BCUT2D eigenvalue weighted by molar-refractivity contribution is 0.103. The van der Waals surface area contributed by atoms with Crippen LogP contribution < -0.4 is 5.32 Å². The molecule has 24 heavy (non-hydrogen) atoms. The predicted octanol–water partition coefficient (Wildman–Crippen LogP) is 4.62. The van der Waals surface area contributed by atoms with E-state index in [4.69, 9.17) is 0 Å². The molecule has 2 aromatic rings. The predicted molar refractivity (Wildman–Crippen MR) is 104 cm³/mol. The van der Waals surface area contributed by atoms with Crippen molar-refractivity contribution in [2.75, 3.05) is 26.0 Å². The zero-order valence-corrected chi connectivity index (χ0v) is 16.0. The second kappa shape index (κ2) is 9.00. The van der Waals surface area contributed by atoms with Gasteiger partial charge >= 0.3 is 0 Å². The molecule has 1 amide bonds. The van der Waals surface area contributed by atoms with Crippen LogP contribution in [0.5, 0.6) is 0 Å². The van der Waals surface area contributed by atoms with Gasteiger partial charge in [0.15, 0.2) is 0 Å². The molecule has 0 radical (unpaired) electrons. The van der Waals surface area contributed by atoms with E-state index in [1.165, 1.54) is 16.0 Å². The molecule has 0 aliphatic heterocycles. The van der Waals surface area contributed by atoms with Gasteiger partial charge in [-0.2, -0.15) is 0 Å². The Kier molecular flexibility index (Phi) is 7.00. The molecular weight excluding hydrogens is 316 g/mol. The van der Waals surface area contributed by atoms with Crippen molar-refractivity contribution in [2.45, 2.75) is 39.5 Å². The standard InChI is InChI=1S/C20H28N2OS/c1-5-7-18-16(6-2)14-19(24-18)20(23)21-17-10-8-15(9-11-17)12-13-22(3)4/h8-11,14H,5-7,12-13H2,1-4H3,(H,21,23). The average molecular weight is 345 g/mol. The third-order valence-corrected chi connectivity index (χ3v) is 5.27. The van der Waals surface area contributed by atoms with Crippen LogP contribution in [-0.2, 0) is 19.3 Å². The highest BCUT2D eigenvalue weighted by Crippen LogP contribution is 2.25. The van der Waals surface area contributed by atoms with Crippen LogP contribution in [0.1, 0.15) is 45.9 Å². The molecule has 2 rings (SSSR count). The molecule has 0 bridgehead atoms. The van der Waals surface area contributed by atoms with Crippen molar-refractivity contribution >= 4 is 22.9 Å². The van der Waals surface area contributed by atoms with Gasteiger partial charge in [0.05, 0.1) is 4.88 Å². The van der Waals surface area contributed by atoms with Crippen molar-refractivity contribution < 1.29 is 4.79 Å². The molecule has 0 aliphatic rings. The molecule has 0 unspecified atom stereocenters. The summed E-state index contributed by atoms with van der Waals surface area (Å²) in [6.07, 6.45) is 4.18. The molecule has 3 nitrogen and oxygen atoms in total.